The molecule has 0 aliphatic carbocycles. The summed E-state index contributed by atoms with van der Waals surface area (Å²) < 4.78 is 14.5. The molecule has 0 fully saturated rings. The maximum absolute atomic E-state index is 11.9. The molecular weight excluding hydrogens is 284 g/mol. The monoisotopic (exact) mass is 302 g/mol. The first-order chi connectivity index (χ1) is 9.56. The molecular formula is C12H18N2O5S. The van der Waals surface area contributed by atoms with Crippen LogP contribution < -0.4 is 11.1 Å². The molecule has 112 valence electrons. The Bertz CT molecular complexity index is 486. The molecule has 0 bridgehead atoms. The van der Waals surface area contributed by atoms with Crippen molar-refractivity contribution < 1.29 is 23.8 Å². The van der Waals surface area contributed by atoms with E-state index in [1.165, 1.54) is 7.11 Å². The fourth-order valence-corrected chi connectivity index (χ4v) is 2.54. The van der Waals surface area contributed by atoms with Gasteiger partial charge in [-0.3, -0.25) is 0 Å². The van der Waals surface area contributed by atoms with Crippen LogP contribution in [0.1, 0.15) is 27.0 Å². The number of esters is 2. The molecule has 0 aromatic carbocycles. The lowest BCUT2D eigenvalue weighted by Crippen LogP contribution is -2.13. The van der Waals surface area contributed by atoms with E-state index in [4.69, 9.17) is 15.2 Å². The van der Waals surface area contributed by atoms with Crippen molar-refractivity contribution in [2.45, 2.75) is 6.92 Å². The summed E-state index contributed by atoms with van der Waals surface area (Å²) in [6, 6.07) is 0. The SMILES string of the molecule is CCOC(=O)c1c(NCCOC)sc(C(=O)OC)c1N. The molecule has 1 aromatic rings. The van der Waals surface area contributed by atoms with Crippen LogP contribution in [0.2, 0.25) is 0 Å². The number of carbonyl (C=O) groups excluding carboxylic acids is 2. The molecule has 0 aliphatic rings. The Balaban J connectivity index is 3.11. The average molecular weight is 302 g/mol. The van der Waals surface area contributed by atoms with E-state index in [2.05, 4.69) is 10.1 Å². The largest absolute Gasteiger partial charge is 0.465 e. The highest BCUT2D eigenvalue weighted by Gasteiger charge is 2.26. The zero-order valence-corrected chi connectivity index (χ0v) is 12.5. The summed E-state index contributed by atoms with van der Waals surface area (Å²) in [4.78, 5) is 23.7. The minimum Gasteiger partial charge on any atom is -0.465 e. The number of rotatable bonds is 7. The lowest BCUT2D eigenvalue weighted by Gasteiger charge is -2.07. The number of carbonyl (C=O) groups is 2. The fourth-order valence-electron chi connectivity index (χ4n) is 1.49. The first kappa shape index (κ1) is 16.3. The van der Waals surface area contributed by atoms with E-state index in [1.807, 2.05) is 0 Å². The van der Waals surface area contributed by atoms with E-state index in [9.17, 15) is 9.59 Å². The van der Waals surface area contributed by atoms with Gasteiger partial charge in [0.1, 0.15) is 15.4 Å². The molecule has 1 rings (SSSR count). The predicted molar refractivity (Wildman–Crippen MR) is 76.4 cm³/mol. The van der Waals surface area contributed by atoms with Crippen LogP contribution in [-0.2, 0) is 14.2 Å². The summed E-state index contributed by atoms with van der Waals surface area (Å²) in [6.07, 6.45) is 0. The summed E-state index contributed by atoms with van der Waals surface area (Å²) in [5.74, 6) is -1.16. The van der Waals surface area contributed by atoms with Gasteiger partial charge >= 0.3 is 11.9 Å². The van der Waals surface area contributed by atoms with Gasteiger partial charge in [-0.1, -0.05) is 0 Å². The van der Waals surface area contributed by atoms with Gasteiger partial charge in [0.05, 0.1) is 26.0 Å². The van der Waals surface area contributed by atoms with E-state index < -0.39 is 11.9 Å². The van der Waals surface area contributed by atoms with Crippen molar-refractivity contribution in [1.29, 1.82) is 0 Å². The Kier molecular flexibility index (Phi) is 6.26. The number of hydrogen-bond donors (Lipinski definition) is 2. The third kappa shape index (κ3) is 3.61. The number of nitrogens with one attached hydrogen (secondary N) is 1. The molecule has 1 aromatic heterocycles. The van der Waals surface area contributed by atoms with Crippen LogP contribution in [-0.4, -0.2) is 45.9 Å². The zero-order chi connectivity index (χ0) is 15.1. The summed E-state index contributed by atoms with van der Waals surface area (Å²) in [5.41, 5.74) is 6.08. The second-order valence-electron chi connectivity index (χ2n) is 3.68. The molecule has 0 unspecified atom stereocenters. The smallest absolute Gasteiger partial charge is 0.350 e. The highest BCUT2D eigenvalue weighted by Crippen LogP contribution is 2.36. The van der Waals surface area contributed by atoms with E-state index in [0.717, 1.165) is 11.3 Å². The molecule has 0 spiro atoms. The van der Waals surface area contributed by atoms with E-state index >= 15 is 0 Å². The van der Waals surface area contributed by atoms with Crippen molar-refractivity contribution >= 4 is 34.0 Å². The molecule has 0 radical (unpaired) electrons. The summed E-state index contributed by atoms with van der Waals surface area (Å²) in [5, 5.41) is 3.47. The molecule has 0 aliphatic heterocycles. The lowest BCUT2D eigenvalue weighted by molar-refractivity contribution is 0.0529. The number of nitrogen functional groups attached to an aromatic ring is 1. The molecule has 0 saturated heterocycles. The normalized spacial score (nSPS) is 10.2. The van der Waals surface area contributed by atoms with Gasteiger partial charge in [0, 0.05) is 13.7 Å². The van der Waals surface area contributed by atoms with Crippen molar-refractivity contribution in [2.24, 2.45) is 0 Å². The number of methoxy groups -OCH3 is 2. The molecule has 8 heteroatoms. The third-order valence-electron chi connectivity index (χ3n) is 2.39. The number of anilines is 2. The van der Waals surface area contributed by atoms with Crippen LogP contribution in [0, 0.1) is 0 Å². The topological polar surface area (TPSA) is 99.9 Å². The summed E-state index contributed by atoms with van der Waals surface area (Å²) in [7, 11) is 2.82. The Morgan fingerprint density at radius 1 is 1.30 bits per heavy atom. The minimum atomic E-state index is -0.585. The van der Waals surface area contributed by atoms with Crippen molar-refractivity contribution in [3.05, 3.63) is 10.4 Å². The van der Waals surface area contributed by atoms with Crippen LogP contribution in [0.4, 0.5) is 10.7 Å². The Morgan fingerprint density at radius 3 is 2.55 bits per heavy atom. The lowest BCUT2D eigenvalue weighted by atomic mass is 10.2. The van der Waals surface area contributed by atoms with Gasteiger partial charge in [0.25, 0.3) is 0 Å². The van der Waals surface area contributed by atoms with E-state index in [0.29, 0.717) is 18.2 Å². The number of ether oxygens (including phenoxy) is 3. The molecule has 0 amide bonds. The zero-order valence-electron chi connectivity index (χ0n) is 11.6. The Morgan fingerprint density at radius 2 is 2.00 bits per heavy atom. The van der Waals surface area contributed by atoms with Gasteiger partial charge in [0.15, 0.2) is 0 Å². The standard InChI is InChI=1S/C12H18N2O5S/c1-4-19-11(15)7-8(13)9(12(16)18-3)20-10(7)14-5-6-17-2/h14H,4-6,13H2,1-3H3. The van der Waals surface area contributed by atoms with Crippen LogP contribution in [0.15, 0.2) is 0 Å². The number of nitrogens with two attached hydrogens (primary N) is 1. The number of hydrogen-bond acceptors (Lipinski definition) is 8. The van der Waals surface area contributed by atoms with Gasteiger partial charge in [-0.05, 0) is 6.92 Å². The van der Waals surface area contributed by atoms with Crippen LogP contribution in [0.3, 0.4) is 0 Å². The van der Waals surface area contributed by atoms with Crippen molar-refractivity contribution in [3.8, 4) is 0 Å². The van der Waals surface area contributed by atoms with Gasteiger partial charge in [-0.2, -0.15) is 0 Å². The first-order valence-corrected chi connectivity index (χ1v) is 6.78. The summed E-state index contributed by atoms with van der Waals surface area (Å²) in [6.45, 7) is 2.84. The van der Waals surface area contributed by atoms with Gasteiger partial charge in [-0.25, -0.2) is 9.59 Å². The predicted octanol–water partition coefficient (Wildman–Crippen LogP) is 1.35. The van der Waals surface area contributed by atoms with E-state index in [-0.39, 0.29) is 22.7 Å². The van der Waals surface area contributed by atoms with Crippen molar-refractivity contribution in [2.75, 3.05) is 45.0 Å². The minimum absolute atomic E-state index is 0.0696. The summed E-state index contributed by atoms with van der Waals surface area (Å²) >= 11 is 1.06. The van der Waals surface area contributed by atoms with Gasteiger partial charge in [-0.15, -0.1) is 11.3 Å². The van der Waals surface area contributed by atoms with Crippen LogP contribution in [0.5, 0.6) is 0 Å². The number of thiophene rings is 1. The highest BCUT2D eigenvalue weighted by molar-refractivity contribution is 7.19. The van der Waals surface area contributed by atoms with E-state index in [1.54, 1.807) is 14.0 Å². The fraction of sp³-hybridized carbons (Fsp3) is 0.500. The maximum Gasteiger partial charge on any atom is 0.350 e. The second kappa shape index (κ2) is 7.71. The van der Waals surface area contributed by atoms with Crippen molar-refractivity contribution in [3.63, 3.8) is 0 Å². The van der Waals surface area contributed by atoms with Crippen LogP contribution in [0.25, 0.3) is 0 Å². The first-order valence-electron chi connectivity index (χ1n) is 5.97. The highest BCUT2D eigenvalue weighted by atomic mass is 32.1. The molecule has 0 saturated carbocycles. The Labute approximate surface area is 121 Å². The quantitative estimate of drug-likeness (QED) is 0.579. The Hall–Kier alpha value is -1.80. The average Bonchev–Trinajstić information content (AvgIpc) is 2.75. The molecule has 7 nitrogen and oxygen atoms in total. The second-order valence-corrected chi connectivity index (χ2v) is 4.70. The third-order valence-corrected chi connectivity index (χ3v) is 3.53. The molecule has 0 atom stereocenters. The van der Waals surface area contributed by atoms with Crippen LogP contribution >= 0.6 is 11.3 Å². The van der Waals surface area contributed by atoms with Gasteiger partial charge < -0.3 is 25.3 Å². The molecule has 20 heavy (non-hydrogen) atoms. The van der Waals surface area contributed by atoms with Crippen molar-refractivity contribution in [1.82, 2.24) is 0 Å². The maximum atomic E-state index is 11.9. The van der Waals surface area contributed by atoms with Gasteiger partial charge in [0.2, 0.25) is 0 Å². The molecule has 3 N–H and O–H groups in total. The molecule has 1 heterocycles.